The van der Waals surface area contributed by atoms with E-state index in [4.69, 9.17) is 10.3 Å². The molecule has 2 aromatic rings. The van der Waals surface area contributed by atoms with E-state index in [1.165, 1.54) is 6.07 Å². The van der Waals surface area contributed by atoms with Crippen LogP contribution >= 0.6 is 0 Å². The second kappa shape index (κ2) is 5.88. The number of nitrogens with two attached hydrogens (primary N) is 1. The Hall–Kier alpha value is -1.82. The van der Waals surface area contributed by atoms with Crippen LogP contribution in [0.4, 0.5) is 8.78 Å². The van der Waals surface area contributed by atoms with Crippen LogP contribution in [0.3, 0.4) is 0 Å². The fourth-order valence-electron chi connectivity index (χ4n) is 1.68. The van der Waals surface area contributed by atoms with E-state index >= 15 is 0 Å². The van der Waals surface area contributed by atoms with E-state index in [1.807, 2.05) is 6.92 Å². The molecule has 0 saturated carbocycles. The monoisotopic (exact) mass is 267 g/mol. The van der Waals surface area contributed by atoms with Crippen LogP contribution in [-0.4, -0.2) is 16.2 Å². The smallest absolute Gasteiger partial charge is 0.226 e. The lowest BCUT2D eigenvalue weighted by molar-refractivity contribution is 0.373. The van der Waals surface area contributed by atoms with Gasteiger partial charge in [-0.3, -0.25) is 0 Å². The molecule has 0 radical (unpaired) electrons. The fraction of sp³-hybridized carbons (Fsp3) is 0.385. The zero-order chi connectivity index (χ0) is 13.8. The minimum absolute atomic E-state index is 0.133. The molecular formula is C13H15F2N3O. The van der Waals surface area contributed by atoms with E-state index in [2.05, 4.69) is 10.1 Å². The van der Waals surface area contributed by atoms with E-state index in [-0.39, 0.29) is 11.9 Å². The summed E-state index contributed by atoms with van der Waals surface area (Å²) in [6.45, 7) is 1.93. The van der Waals surface area contributed by atoms with Gasteiger partial charge in [0.05, 0.1) is 0 Å². The van der Waals surface area contributed by atoms with Gasteiger partial charge in [-0.1, -0.05) is 5.16 Å². The standard InChI is InChI=1S/C13H15F2N3O/c1-8(16)3-2-4-12-17-13(18-19-12)9-5-6-10(14)11(15)7-9/h5-8H,2-4,16H2,1H3. The molecule has 1 unspecified atom stereocenters. The van der Waals surface area contributed by atoms with Crippen molar-refractivity contribution in [1.29, 1.82) is 0 Å². The summed E-state index contributed by atoms with van der Waals surface area (Å²) < 4.78 is 31.0. The molecule has 1 aromatic carbocycles. The number of benzene rings is 1. The Bertz CT molecular complexity index is 555. The highest BCUT2D eigenvalue weighted by atomic mass is 19.2. The first-order valence-electron chi connectivity index (χ1n) is 6.10. The molecule has 2 rings (SSSR count). The topological polar surface area (TPSA) is 64.9 Å². The Morgan fingerprint density at radius 1 is 1.32 bits per heavy atom. The molecule has 1 atom stereocenters. The van der Waals surface area contributed by atoms with Gasteiger partial charge in [-0.15, -0.1) is 0 Å². The molecule has 0 fully saturated rings. The molecule has 1 aromatic heterocycles. The van der Waals surface area contributed by atoms with Crippen LogP contribution in [0.15, 0.2) is 22.7 Å². The molecule has 4 nitrogen and oxygen atoms in total. The maximum Gasteiger partial charge on any atom is 0.226 e. The highest BCUT2D eigenvalue weighted by molar-refractivity contribution is 5.54. The minimum atomic E-state index is -0.930. The van der Waals surface area contributed by atoms with Crippen LogP contribution < -0.4 is 5.73 Å². The minimum Gasteiger partial charge on any atom is -0.339 e. The van der Waals surface area contributed by atoms with Crippen LogP contribution in [0.5, 0.6) is 0 Å². The molecule has 102 valence electrons. The van der Waals surface area contributed by atoms with Crippen molar-refractivity contribution in [3.63, 3.8) is 0 Å². The summed E-state index contributed by atoms with van der Waals surface area (Å²) >= 11 is 0. The van der Waals surface area contributed by atoms with Gasteiger partial charge >= 0.3 is 0 Å². The second-order valence-electron chi connectivity index (χ2n) is 4.51. The number of aromatic nitrogens is 2. The Kier molecular flexibility index (Phi) is 4.21. The van der Waals surface area contributed by atoms with Crippen molar-refractivity contribution in [2.45, 2.75) is 32.2 Å². The van der Waals surface area contributed by atoms with Gasteiger partial charge < -0.3 is 10.3 Å². The third-order valence-electron chi connectivity index (χ3n) is 2.70. The first-order valence-corrected chi connectivity index (χ1v) is 6.10. The van der Waals surface area contributed by atoms with E-state index in [9.17, 15) is 8.78 Å². The Morgan fingerprint density at radius 2 is 2.11 bits per heavy atom. The lowest BCUT2D eigenvalue weighted by Crippen LogP contribution is -2.14. The summed E-state index contributed by atoms with van der Waals surface area (Å²) in [6, 6.07) is 3.63. The van der Waals surface area contributed by atoms with Crippen molar-refractivity contribution in [3.8, 4) is 11.4 Å². The normalized spacial score (nSPS) is 12.6. The first-order chi connectivity index (χ1) is 9.06. The molecule has 19 heavy (non-hydrogen) atoms. The fourth-order valence-corrected chi connectivity index (χ4v) is 1.68. The second-order valence-corrected chi connectivity index (χ2v) is 4.51. The summed E-state index contributed by atoms with van der Waals surface area (Å²) in [7, 11) is 0. The number of aryl methyl sites for hydroxylation is 1. The summed E-state index contributed by atoms with van der Waals surface area (Å²) in [5, 5.41) is 3.75. The molecule has 0 aliphatic heterocycles. The molecule has 0 aliphatic rings. The molecule has 0 amide bonds. The number of halogens is 2. The third-order valence-corrected chi connectivity index (χ3v) is 2.70. The van der Waals surface area contributed by atoms with Crippen LogP contribution in [0.25, 0.3) is 11.4 Å². The highest BCUT2D eigenvalue weighted by Crippen LogP contribution is 2.19. The van der Waals surface area contributed by atoms with Crippen molar-refractivity contribution in [1.82, 2.24) is 10.1 Å². The predicted octanol–water partition coefficient (Wildman–Crippen LogP) is 2.68. The van der Waals surface area contributed by atoms with Crippen molar-refractivity contribution in [2.75, 3.05) is 0 Å². The number of nitrogens with zero attached hydrogens (tertiary/aromatic N) is 2. The van der Waals surface area contributed by atoms with Crippen molar-refractivity contribution in [2.24, 2.45) is 5.73 Å². The SMILES string of the molecule is CC(N)CCCc1nc(-c2ccc(F)c(F)c2)no1. The average Bonchev–Trinajstić information content (AvgIpc) is 2.81. The number of hydrogen-bond acceptors (Lipinski definition) is 4. The van der Waals surface area contributed by atoms with Crippen molar-refractivity contribution < 1.29 is 13.3 Å². The lowest BCUT2D eigenvalue weighted by atomic mass is 10.1. The van der Waals surface area contributed by atoms with Gasteiger partial charge in [-0.25, -0.2) is 8.78 Å². The largest absolute Gasteiger partial charge is 0.339 e. The Morgan fingerprint density at radius 3 is 2.79 bits per heavy atom. The summed E-state index contributed by atoms with van der Waals surface area (Å²) in [6.07, 6.45) is 2.33. The Labute approximate surface area is 109 Å². The van der Waals surface area contributed by atoms with E-state index < -0.39 is 11.6 Å². The highest BCUT2D eigenvalue weighted by Gasteiger charge is 2.11. The predicted molar refractivity (Wildman–Crippen MR) is 66.2 cm³/mol. The first kappa shape index (κ1) is 13.6. The van der Waals surface area contributed by atoms with Crippen LogP contribution in [-0.2, 0) is 6.42 Å². The van der Waals surface area contributed by atoms with E-state index in [0.717, 1.165) is 25.0 Å². The molecule has 6 heteroatoms. The third kappa shape index (κ3) is 3.57. The van der Waals surface area contributed by atoms with E-state index in [1.54, 1.807) is 0 Å². The van der Waals surface area contributed by atoms with Gasteiger partial charge in [-0.05, 0) is 38.0 Å². The number of hydrogen-bond donors (Lipinski definition) is 1. The van der Waals surface area contributed by atoms with Gasteiger partial charge in [0.2, 0.25) is 11.7 Å². The van der Waals surface area contributed by atoms with Gasteiger partial charge in [0, 0.05) is 18.0 Å². The van der Waals surface area contributed by atoms with Crippen molar-refractivity contribution >= 4 is 0 Å². The summed E-state index contributed by atoms with van der Waals surface area (Å²) in [4.78, 5) is 4.14. The maximum atomic E-state index is 13.1. The van der Waals surface area contributed by atoms with Crippen LogP contribution in [0, 0.1) is 11.6 Å². The molecule has 0 bridgehead atoms. The average molecular weight is 267 g/mol. The lowest BCUT2D eigenvalue weighted by Gasteiger charge is -2.00. The molecule has 0 spiro atoms. The van der Waals surface area contributed by atoms with Gasteiger partial charge in [0.1, 0.15) is 0 Å². The summed E-state index contributed by atoms with van der Waals surface area (Å²) in [5.74, 6) is -1.10. The molecule has 0 aliphatic carbocycles. The molecule has 1 heterocycles. The molecule has 0 saturated heterocycles. The quantitative estimate of drug-likeness (QED) is 0.904. The number of rotatable bonds is 5. The van der Waals surface area contributed by atoms with Gasteiger partial charge in [0.15, 0.2) is 11.6 Å². The Balaban J connectivity index is 2.05. The zero-order valence-electron chi connectivity index (χ0n) is 10.6. The van der Waals surface area contributed by atoms with Gasteiger partial charge in [0.25, 0.3) is 0 Å². The molecular weight excluding hydrogens is 252 g/mol. The van der Waals surface area contributed by atoms with Crippen molar-refractivity contribution in [3.05, 3.63) is 35.7 Å². The molecule has 2 N–H and O–H groups in total. The van der Waals surface area contributed by atoms with Gasteiger partial charge in [-0.2, -0.15) is 4.98 Å². The van der Waals surface area contributed by atoms with Crippen LogP contribution in [0.1, 0.15) is 25.7 Å². The van der Waals surface area contributed by atoms with E-state index in [0.29, 0.717) is 17.9 Å². The zero-order valence-corrected chi connectivity index (χ0v) is 10.6. The summed E-state index contributed by atoms with van der Waals surface area (Å²) in [5.41, 5.74) is 6.03. The van der Waals surface area contributed by atoms with Crippen LogP contribution in [0.2, 0.25) is 0 Å². The maximum absolute atomic E-state index is 13.1.